The van der Waals surface area contributed by atoms with Gasteiger partial charge in [0.15, 0.2) is 17.9 Å². The lowest BCUT2D eigenvalue weighted by Crippen LogP contribution is -2.36. The second-order valence-electron chi connectivity index (χ2n) is 5.74. The van der Waals surface area contributed by atoms with E-state index in [4.69, 9.17) is 16.2 Å². The molecule has 1 aromatic heterocycles. The first kappa shape index (κ1) is 17.7. The third kappa shape index (κ3) is 4.13. The SMILES string of the molecule is Nc1ncnc(N[C@@H]2O[C@H](CSCc3ccccc3)C(O)[C@@H]2O)c1N. The van der Waals surface area contributed by atoms with Crippen molar-refractivity contribution < 1.29 is 14.9 Å². The Balaban J connectivity index is 1.56. The van der Waals surface area contributed by atoms with Crippen molar-refractivity contribution in [3.8, 4) is 0 Å². The van der Waals surface area contributed by atoms with E-state index in [1.54, 1.807) is 11.8 Å². The molecule has 9 heteroatoms. The number of aromatic nitrogens is 2. The van der Waals surface area contributed by atoms with Crippen LogP contribution in [0.4, 0.5) is 17.3 Å². The highest BCUT2D eigenvalue weighted by Crippen LogP contribution is 2.28. The molecule has 0 amide bonds. The maximum atomic E-state index is 10.2. The van der Waals surface area contributed by atoms with E-state index in [0.717, 1.165) is 5.75 Å². The molecule has 1 fully saturated rings. The fourth-order valence-corrected chi connectivity index (χ4v) is 3.59. The Labute approximate surface area is 149 Å². The maximum Gasteiger partial charge on any atom is 0.158 e. The van der Waals surface area contributed by atoms with E-state index in [1.807, 2.05) is 30.3 Å². The minimum absolute atomic E-state index is 0.139. The summed E-state index contributed by atoms with van der Waals surface area (Å²) in [6, 6.07) is 10.0. The predicted molar refractivity (Wildman–Crippen MR) is 97.8 cm³/mol. The number of hydrogen-bond acceptors (Lipinski definition) is 9. The van der Waals surface area contributed by atoms with Gasteiger partial charge in [0.05, 0.1) is 6.10 Å². The zero-order valence-electron chi connectivity index (χ0n) is 13.4. The summed E-state index contributed by atoms with van der Waals surface area (Å²) in [4.78, 5) is 7.76. The Kier molecular flexibility index (Phi) is 5.59. The van der Waals surface area contributed by atoms with Gasteiger partial charge in [0, 0.05) is 11.5 Å². The molecule has 1 aliphatic rings. The summed E-state index contributed by atoms with van der Waals surface area (Å²) < 4.78 is 5.73. The first-order valence-corrected chi connectivity index (χ1v) is 8.97. The lowest BCUT2D eigenvalue weighted by Gasteiger charge is -2.18. The van der Waals surface area contributed by atoms with Crippen molar-refractivity contribution >= 4 is 29.1 Å². The maximum absolute atomic E-state index is 10.2. The van der Waals surface area contributed by atoms with E-state index >= 15 is 0 Å². The molecular formula is C16H21N5O3S. The molecule has 0 aliphatic carbocycles. The molecule has 7 N–H and O–H groups in total. The Morgan fingerprint density at radius 3 is 2.64 bits per heavy atom. The summed E-state index contributed by atoms with van der Waals surface area (Å²) in [5.41, 5.74) is 12.8. The van der Waals surface area contributed by atoms with Crippen LogP contribution >= 0.6 is 11.8 Å². The Hall–Kier alpha value is -2.07. The van der Waals surface area contributed by atoms with Gasteiger partial charge in [-0.2, -0.15) is 11.8 Å². The molecule has 2 heterocycles. The van der Waals surface area contributed by atoms with Crippen LogP contribution in [0.25, 0.3) is 0 Å². The van der Waals surface area contributed by atoms with E-state index < -0.39 is 24.5 Å². The molecule has 3 rings (SSSR count). The molecule has 0 radical (unpaired) electrons. The van der Waals surface area contributed by atoms with Gasteiger partial charge in [-0.15, -0.1) is 0 Å². The molecule has 25 heavy (non-hydrogen) atoms. The van der Waals surface area contributed by atoms with Crippen molar-refractivity contribution in [2.45, 2.75) is 30.3 Å². The number of nitrogens with zero attached hydrogens (tertiary/aromatic N) is 2. The predicted octanol–water partition coefficient (Wildman–Crippen LogP) is 0.433. The van der Waals surface area contributed by atoms with Gasteiger partial charge in [-0.3, -0.25) is 0 Å². The number of ether oxygens (including phenoxy) is 1. The zero-order valence-corrected chi connectivity index (χ0v) is 14.3. The number of hydrogen-bond donors (Lipinski definition) is 5. The quantitative estimate of drug-likeness (QED) is 0.494. The molecule has 0 saturated carbocycles. The minimum atomic E-state index is -1.10. The zero-order chi connectivity index (χ0) is 17.8. The van der Waals surface area contributed by atoms with Crippen molar-refractivity contribution in [2.75, 3.05) is 22.5 Å². The summed E-state index contributed by atoms with van der Waals surface area (Å²) in [5.74, 6) is 1.76. The number of benzene rings is 1. The summed E-state index contributed by atoms with van der Waals surface area (Å²) in [7, 11) is 0. The van der Waals surface area contributed by atoms with Crippen LogP contribution in [0.2, 0.25) is 0 Å². The van der Waals surface area contributed by atoms with E-state index in [-0.39, 0.29) is 17.3 Å². The monoisotopic (exact) mass is 363 g/mol. The number of nitrogens with two attached hydrogens (primary N) is 2. The van der Waals surface area contributed by atoms with Crippen molar-refractivity contribution in [2.24, 2.45) is 0 Å². The standard InChI is InChI=1S/C16H21N5O3S/c17-11-14(18)19-8-20-15(11)21-16-13(23)12(22)10(24-16)7-25-6-9-4-2-1-3-5-9/h1-5,8,10,12-13,16,22-23H,6-7,17H2,(H3,18,19,20,21)/t10-,12?,13+,16-/m1/s1. The van der Waals surface area contributed by atoms with Crippen LogP contribution in [-0.2, 0) is 10.5 Å². The molecule has 2 aromatic rings. The highest BCUT2D eigenvalue weighted by Gasteiger charge is 2.42. The number of thioether (sulfide) groups is 1. The van der Waals surface area contributed by atoms with Crippen LogP contribution in [0.15, 0.2) is 36.7 Å². The fraction of sp³-hybridized carbons (Fsp3) is 0.375. The second-order valence-corrected chi connectivity index (χ2v) is 6.77. The molecule has 134 valence electrons. The van der Waals surface area contributed by atoms with Crippen LogP contribution in [-0.4, -0.2) is 50.5 Å². The topological polar surface area (TPSA) is 140 Å². The minimum Gasteiger partial charge on any atom is -0.393 e. The lowest BCUT2D eigenvalue weighted by molar-refractivity contribution is 0.0337. The third-order valence-corrected chi connectivity index (χ3v) is 5.05. The van der Waals surface area contributed by atoms with Crippen LogP contribution in [0.3, 0.4) is 0 Å². The number of nitrogen functional groups attached to an aromatic ring is 2. The molecule has 4 atom stereocenters. The van der Waals surface area contributed by atoms with Crippen LogP contribution in [0, 0.1) is 0 Å². The first-order valence-electron chi connectivity index (χ1n) is 7.82. The van der Waals surface area contributed by atoms with E-state index in [0.29, 0.717) is 5.75 Å². The average Bonchev–Trinajstić information content (AvgIpc) is 2.88. The number of aliphatic hydroxyl groups excluding tert-OH is 2. The Morgan fingerprint density at radius 2 is 1.88 bits per heavy atom. The second kappa shape index (κ2) is 7.87. The van der Waals surface area contributed by atoms with Crippen molar-refractivity contribution in [1.29, 1.82) is 0 Å². The Bertz CT molecular complexity index is 705. The molecule has 0 spiro atoms. The summed E-state index contributed by atoms with van der Waals surface area (Å²) >= 11 is 1.63. The van der Waals surface area contributed by atoms with Crippen LogP contribution in [0.1, 0.15) is 5.56 Å². The van der Waals surface area contributed by atoms with Crippen LogP contribution in [0.5, 0.6) is 0 Å². The smallest absolute Gasteiger partial charge is 0.158 e. The highest BCUT2D eigenvalue weighted by atomic mass is 32.2. The van der Waals surface area contributed by atoms with E-state index in [9.17, 15) is 10.2 Å². The van der Waals surface area contributed by atoms with Gasteiger partial charge in [0.25, 0.3) is 0 Å². The molecule has 0 bridgehead atoms. The highest BCUT2D eigenvalue weighted by molar-refractivity contribution is 7.98. The van der Waals surface area contributed by atoms with Crippen molar-refractivity contribution in [3.05, 3.63) is 42.2 Å². The number of aliphatic hydroxyl groups is 2. The number of anilines is 3. The summed E-state index contributed by atoms with van der Waals surface area (Å²) in [6.07, 6.45) is -2.16. The lowest BCUT2D eigenvalue weighted by atomic mass is 10.1. The van der Waals surface area contributed by atoms with Gasteiger partial charge in [0.2, 0.25) is 0 Å². The van der Waals surface area contributed by atoms with Gasteiger partial charge in [-0.05, 0) is 5.56 Å². The summed E-state index contributed by atoms with van der Waals surface area (Å²) in [6.45, 7) is 0. The molecule has 8 nitrogen and oxygen atoms in total. The van der Waals surface area contributed by atoms with Crippen molar-refractivity contribution in [3.63, 3.8) is 0 Å². The van der Waals surface area contributed by atoms with Gasteiger partial charge in [-0.25, -0.2) is 9.97 Å². The number of rotatable bonds is 6. The molecule has 1 aromatic carbocycles. The normalized spacial score (nSPS) is 25.8. The van der Waals surface area contributed by atoms with E-state index in [2.05, 4.69) is 15.3 Å². The number of nitrogens with one attached hydrogen (secondary N) is 1. The largest absolute Gasteiger partial charge is 0.393 e. The fourth-order valence-electron chi connectivity index (χ4n) is 2.53. The molecule has 1 saturated heterocycles. The Morgan fingerprint density at radius 1 is 1.12 bits per heavy atom. The van der Waals surface area contributed by atoms with Gasteiger partial charge >= 0.3 is 0 Å². The van der Waals surface area contributed by atoms with Gasteiger partial charge < -0.3 is 31.7 Å². The molecular weight excluding hydrogens is 342 g/mol. The molecule has 1 unspecified atom stereocenters. The van der Waals surface area contributed by atoms with Crippen LogP contribution < -0.4 is 16.8 Å². The molecule has 1 aliphatic heterocycles. The van der Waals surface area contributed by atoms with Gasteiger partial charge in [0.1, 0.15) is 24.2 Å². The van der Waals surface area contributed by atoms with Crippen molar-refractivity contribution in [1.82, 2.24) is 9.97 Å². The summed E-state index contributed by atoms with van der Waals surface area (Å²) in [5, 5.41) is 23.3. The van der Waals surface area contributed by atoms with E-state index in [1.165, 1.54) is 11.9 Å². The first-order chi connectivity index (χ1) is 12.1. The average molecular weight is 363 g/mol. The van der Waals surface area contributed by atoms with Gasteiger partial charge in [-0.1, -0.05) is 30.3 Å². The third-order valence-electron chi connectivity index (χ3n) is 3.95.